The molecular weight excluding hydrogens is 312 g/mol. The van der Waals surface area contributed by atoms with Gasteiger partial charge in [-0.1, -0.05) is 6.92 Å². The predicted molar refractivity (Wildman–Crippen MR) is 91.2 cm³/mol. The highest BCUT2D eigenvalue weighted by Crippen LogP contribution is 2.31. The molecule has 0 radical (unpaired) electrons. The van der Waals surface area contributed by atoms with Crippen LogP contribution >= 0.6 is 0 Å². The van der Waals surface area contributed by atoms with E-state index in [4.69, 9.17) is 10.5 Å². The van der Waals surface area contributed by atoms with Crippen LogP contribution < -0.4 is 16.0 Å². The summed E-state index contributed by atoms with van der Waals surface area (Å²) in [5.74, 6) is 1.08. The van der Waals surface area contributed by atoms with Crippen LogP contribution in [0.15, 0.2) is 0 Å². The number of rotatable bonds is 5. The van der Waals surface area contributed by atoms with Gasteiger partial charge in [0.05, 0.1) is 11.0 Å². The highest BCUT2D eigenvalue weighted by atomic mass is 16.6. The lowest BCUT2D eigenvalue weighted by Gasteiger charge is -2.31. The first-order valence-corrected chi connectivity index (χ1v) is 8.47. The third kappa shape index (κ3) is 3.66. The van der Waals surface area contributed by atoms with E-state index in [2.05, 4.69) is 22.2 Å². The summed E-state index contributed by atoms with van der Waals surface area (Å²) in [6.45, 7) is 5.07. The van der Waals surface area contributed by atoms with Crippen molar-refractivity contribution in [2.24, 2.45) is 5.92 Å². The normalized spacial score (nSPS) is 24.1. The van der Waals surface area contributed by atoms with E-state index in [1.165, 1.54) is 6.42 Å². The first kappa shape index (κ1) is 16.7. The van der Waals surface area contributed by atoms with E-state index in [-0.39, 0.29) is 23.4 Å². The summed E-state index contributed by atoms with van der Waals surface area (Å²) >= 11 is 0. The molecule has 132 valence electrons. The molecule has 0 saturated carbocycles. The fraction of sp³-hybridized carbons (Fsp3) is 0.733. The van der Waals surface area contributed by atoms with Crippen molar-refractivity contribution in [3.05, 3.63) is 10.1 Å². The minimum Gasteiger partial charge on any atom is -0.378 e. The van der Waals surface area contributed by atoms with Crippen molar-refractivity contribution >= 4 is 23.3 Å². The summed E-state index contributed by atoms with van der Waals surface area (Å²) in [4.78, 5) is 21.4. The van der Waals surface area contributed by atoms with E-state index < -0.39 is 4.92 Å². The van der Waals surface area contributed by atoms with Crippen molar-refractivity contribution in [2.45, 2.75) is 38.7 Å². The second-order valence-corrected chi connectivity index (χ2v) is 6.57. The molecule has 1 aromatic heterocycles. The third-order valence-corrected chi connectivity index (χ3v) is 4.54. The number of nitro groups is 1. The summed E-state index contributed by atoms with van der Waals surface area (Å²) in [5.41, 5.74) is 5.60. The molecule has 0 amide bonds. The standard InChI is InChI=1S/C15H24N6O3/c1-10-4-2-6-20(9-10)15-18-13(16)12(21(22)23)14(19-15)17-8-11-5-3-7-24-11/h10-11H,2-9H2,1H3,(H3,16,17,18,19)/t10-,11-/m1/s1. The van der Waals surface area contributed by atoms with Gasteiger partial charge in [0, 0.05) is 26.2 Å². The molecular formula is C15H24N6O3. The number of hydrogen-bond acceptors (Lipinski definition) is 8. The van der Waals surface area contributed by atoms with Crippen LogP contribution in [0, 0.1) is 16.0 Å². The number of nitrogen functional groups attached to an aromatic ring is 1. The van der Waals surface area contributed by atoms with Crippen LogP contribution in [0.4, 0.5) is 23.3 Å². The Labute approximate surface area is 140 Å². The van der Waals surface area contributed by atoms with Gasteiger partial charge in [-0.2, -0.15) is 9.97 Å². The smallest absolute Gasteiger partial charge is 0.353 e. The Hall–Kier alpha value is -2.16. The Bertz CT molecular complexity index is 605. The molecule has 0 bridgehead atoms. The van der Waals surface area contributed by atoms with Crippen LogP contribution in [0.5, 0.6) is 0 Å². The van der Waals surface area contributed by atoms with Gasteiger partial charge in [-0.25, -0.2) is 0 Å². The first-order valence-electron chi connectivity index (χ1n) is 8.47. The molecule has 9 heteroatoms. The van der Waals surface area contributed by atoms with Crippen LogP contribution in [0.3, 0.4) is 0 Å². The molecule has 3 N–H and O–H groups in total. The quantitative estimate of drug-likeness (QED) is 0.617. The summed E-state index contributed by atoms with van der Waals surface area (Å²) in [6, 6.07) is 0. The molecule has 2 fully saturated rings. The highest BCUT2D eigenvalue weighted by molar-refractivity contribution is 5.70. The van der Waals surface area contributed by atoms with Gasteiger partial charge >= 0.3 is 5.69 Å². The van der Waals surface area contributed by atoms with Gasteiger partial charge in [-0.15, -0.1) is 0 Å². The van der Waals surface area contributed by atoms with Crippen LogP contribution in [0.2, 0.25) is 0 Å². The SMILES string of the molecule is C[C@@H]1CCCN(c2nc(N)c([N+](=O)[O-])c(NC[C@H]3CCCO3)n2)C1. The maximum atomic E-state index is 11.3. The van der Waals surface area contributed by atoms with Crippen LogP contribution in [-0.2, 0) is 4.74 Å². The Morgan fingerprint density at radius 1 is 1.42 bits per heavy atom. The molecule has 24 heavy (non-hydrogen) atoms. The van der Waals surface area contributed by atoms with Crippen LogP contribution in [0.1, 0.15) is 32.6 Å². The Kier molecular flexibility index (Phi) is 4.98. The van der Waals surface area contributed by atoms with E-state index in [9.17, 15) is 10.1 Å². The lowest BCUT2D eigenvalue weighted by molar-refractivity contribution is -0.383. The zero-order chi connectivity index (χ0) is 17.1. The number of ether oxygens (including phenoxy) is 1. The maximum absolute atomic E-state index is 11.3. The van der Waals surface area contributed by atoms with Crippen molar-refractivity contribution in [1.82, 2.24) is 9.97 Å². The van der Waals surface area contributed by atoms with Gasteiger partial charge in [0.25, 0.3) is 0 Å². The summed E-state index contributed by atoms with van der Waals surface area (Å²) < 4.78 is 5.55. The van der Waals surface area contributed by atoms with Gasteiger partial charge < -0.3 is 20.7 Å². The van der Waals surface area contributed by atoms with Crippen molar-refractivity contribution in [2.75, 3.05) is 42.2 Å². The van der Waals surface area contributed by atoms with Crippen molar-refractivity contribution < 1.29 is 9.66 Å². The van der Waals surface area contributed by atoms with Crippen molar-refractivity contribution in [3.8, 4) is 0 Å². The van der Waals surface area contributed by atoms with Crippen molar-refractivity contribution in [3.63, 3.8) is 0 Å². The zero-order valence-electron chi connectivity index (χ0n) is 13.9. The molecule has 3 rings (SSSR count). The van der Waals surface area contributed by atoms with Gasteiger partial charge in [-0.05, 0) is 31.6 Å². The molecule has 2 aliphatic heterocycles. The summed E-state index contributed by atoms with van der Waals surface area (Å²) in [5, 5.41) is 14.4. The number of piperidine rings is 1. The lowest BCUT2D eigenvalue weighted by atomic mass is 10.0. The second kappa shape index (κ2) is 7.16. The Morgan fingerprint density at radius 3 is 2.92 bits per heavy atom. The average molecular weight is 336 g/mol. The monoisotopic (exact) mass is 336 g/mol. The average Bonchev–Trinajstić information content (AvgIpc) is 3.05. The molecule has 0 unspecified atom stereocenters. The number of nitrogens with one attached hydrogen (secondary N) is 1. The second-order valence-electron chi connectivity index (χ2n) is 6.57. The number of aromatic nitrogens is 2. The number of nitrogens with two attached hydrogens (primary N) is 1. The molecule has 0 aromatic carbocycles. The molecule has 2 saturated heterocycles. The molecule has 0 spiro atoms. The van der Waals surface area contributed by atoms with Gasteiger partial charge in [0.2, 0.25) is 17.6 Å². The Morgan fingerprint density at radius 2 is 2.25 bits per heavy atom. The first-order chi connectivity index (χ1) is 11.5. The molecule has 2 atom stereocenters. The van der Waals surface area contributed by atoms with Gasteiger partial charge in [-0.3, -0.25) is 10.1 Å². The minimum atomic E-state index is -0.532. The zero-order valence-corrected chi connectivity index (χ0v) is 13.9. The largest absolute Gasteiger partial charge is 0.378 e. The van der Waals surface area contributed by atoms with Crippen LogP contribution in [0.25, 0.3) is 0 Å². The summed E-state index contributed by atoms with van der Waals surface area (Å²) in [6.07, 6.45) is 4.23. The molecule has 1 aromatic rings. The van der Waals surface area contributed by atoms with E-state index in [1.807, 2.05) is 4.90 Å². The van der Waals surface area contributed by atoms with E-state index >= 15 is 0 Å². The van der Waals surface area contributed by atoms with E-state index in [0.29, 0.717) is 18.4 Å². The van der Waals surface area contributed by atoms with Crippen LogP contribution in [-0.4, -0.2) is 47.2 Å². The minimum absolute atomic E-state index is 0.0549. The Balaban J connectivity index is 1.83. The predicted octanol–water partition coefficient (Wildman–Crippen LogP) is 1.79. The van der Waals surface area contributed by atoms with Gasteiger partial charge in [0.1, 0.15) is 0 Å². The topological polar surface area (TPSA) is 119 Å². The van der Waals surface area contributed by atoms with Crippen molar-refractivity contribution in [1.29, 1.82) is 0 Å². The highest BCUT2D eigenvalue weighted by Gasteiger charge is 2.27. The number of nitrogens with zero attached hydrogens (tertiary/aromatic N) is 4. The van der Waals surface area contributed by atoms with E-state index in [0.717, 1.165) is 39.0 Å². The fourth-order valence-electron chi connectivity index (χ4n) is 3.29. The molecule has 0 aliphatic carbocycles. The lowest BCUT2D eigenvalue weighted by Crippen LogP contribution is -2.35. The van der Waals surface area contributed by atoms with E-state index in [1.54, 1.807) is 0 Å². The molecule has 9 nitrogen and oxygen atoms in total. The molecule has 3 heterocycles. The third-order valence-electron chi connectivity index (χ3n) is 4.54. The number of hydrogen-bond donors (Lipinski definition) is 2. The fourth-order valence-corrected chi connectivity index (χ4v) is 3.29. The number of anilines is 3. The summed E-state index contributed by atoms with van der Waals surface area (Å²) in [7, 11) is 0. The maximum Gasteiger partial charge on any atom is 0.353 e. The molecule has 2 aliphatic rings. The van der Waals surface area contributed by atoms with Gasteiger partial charge in [0.15, 0.2) is 0 Å².